The Morgan fingerprint density at radius 3 is 2.97 bits per heavy atom. The molecule has 0 aromatic carbocycles. The van der Waals surface area contributed by atoms with Crippen molar-refractivity contribution in [1.82, 2.24) is 30.1 Å². The van der Waals surface area contributed by atoms with Crippen molar-refractivity contribution >= 4 is 23.2 Å². The van der Waals surface area contributed by atoms with Crippen molar-refractivity contribution in [2.75, 3.05) is 5.32 Å². The fourth-order valence-corrected chi connectivity index (χ4v) is 3.69. The number of aromatic amines is 1. The van der Waals surface area contributed by atoms with Crippen LogP contribution in [0.1, 0.15) is 57.3 Å². The normalized spacial score (nSPS) is 19.2. The van der Waals surface area contributed by atoms with Crippen molar-refractivity contribution in [3.8, 4) is 0 Å². The minimum atomic E-state index is -0.373. The van der Waals surface area contributed by atoms with Crippen LogP contribution in [0.2, 0.25) is 0 Å². The van der Waals surface area contributed by atoms with E-state index in [0.29, 0.717) is 17.3 Å². The summed E-state index contributed by atoms with van der Waals surface area (Å²) in [6.07, 6.45) is 5.40. The van der Waals surface area contributed by atoms with Gasteiger partial charge in [-0.15, -0.1) is 0 Å². The number of rotatable bonds is 5. The molecule has 0 spiro atoms. The van der Waals surface area contributed by atoms with E-state index in [0.717, 1.165) is 30.5 Å². The van der Waals surface area contributed by atoms with Gasteiger partial charge in [-0.05, 0) is 46.1 Å². The summed E-state index contributed by atoms with van der Waals surface area (Å²) in [5.74, 6) is 1.50. The Morgan fingerprint density at radius 2 is 2.20 bits per heavy atom. The highest BCUT2D eigenvalue weighted by Crippen LogP contribution is 2.36. The number of alkyl carbamates (subject to hydrolysis) is 1. The summed E-state index contributed by atoms with van der Waals surface area (Å²) in [5, 5.41) is 27.0. The number of carbonyl (C=O) groups is 1. The van der Waals surface area contributed by atoms with Crippen LogP contribution in [0.15, 0.2) is 24.5 Å². The molecule has 3 heterocycles. The first kappa shape index (κ1) is 20.1. The van der Waals surface area contributed by atoms with E-state index >= 15 is 0 Å². The lowest BCUT2D eigenvalue weighted by molar-refractivity contribution is 0.0937. The fraction of sp³-hybridized carbons (Fsp3) is 0.500. The number of aliphatic hydroxyl groups is 1. The molecule has 3 aromatic heterocycles. The minimum Gasteiger partial charge on any atom is -0.446 e. The van der Waals surface area contributed by atoms with Gasteiger partial charge in [0, 0.05) is 35.6 Å². The second-order valence-corrected chi connectivity index (χ2v) is 8.65. The molecule has 2 atom stereocenters. The van der Waals surface area contributed by atoms with Crippen LogP contribution in [0, 0.1) is 0 Å². The standard InChI is InChI=1S/C20H27N7O3/c1-20(2,3)23-19(29)30-14-5-4-12(8-14)15-10-17(25-24-15)22-18-16-9-13(11-28)26-27(16)7-6-21-18/h6-7,9-10,12,14,28H,4-5,8,11H2,1-3H3,(H,23,29)(H2,21,22,24,25)/t12-,14+/m0/s1. The van der Waals surface area contributed by atoms with Crippen LogP contribution in [0.4, 0.5) is 16.4 Å². The number of ether oxygens (including phenoxy) is 1. The number of fused-ring (bicyclic) bond motifs is 1. The van der Waals surface area contributed by atoms with Gasteiger partial charge < -0.3 is 20.5 Å². The number of amides is 1. The smallest absolute Gasteiger partial charge is 0.407 e. The number of anilines is 2. The monoisotopic (exact) mass is 413 g/mol. The molecule has 160 valence electrons. The van der Waals surface area contributed by atoms with Gasteiger partial charge in [0.05, 0.1) is 12.3 Å². The Morgan fingerprint density at radius 1 is 1.37 bits per heavy atom. The SMILES string of the molecule is CC(C)(C)NC(=O)O[C@@H]1CC[C@H](c2cc(Nc3nccn4nc(CO)cc34)n[nH]2)C1. The van der Waals surface area contributed by atoms with Crippen molar-refractivity contribution in [3.63, 3.8) is 0 Å². The molecular weight excluding hydrogens is 386 g/mol. The van der Waals surface area contributed by atoms with E-state index in [9.17, 15) is 9.90 Å². The van der Waals surface area contributed by atoms with Gasteiger partial charge in [0.2, 0.25) is 0 Å². The van der Waals surface area contributed by atoms with Crippen LogP contribution in [0.5, 0.6) is 0 Å². The van der Waals surface area contributed by atoms with Crippen LogP contribution in [0.25, 0.3) is 5.52 Å². The molecule has 10 heteroatoms. The quantitative estimate of drug-likeness (QED) is 0.506. The third-order valence-corrected chi connectivity index (χ3v) is 5.02. The number of carbonyl (C=O) groups excluding carboxylic acids is 1. The summed E-state index contributed by atoms with van der Waals surface area (Å²) in [6, 6.07) is 3.74. The maximum Gasteiger partial charge on any atom is 0.407 e. The maximum absolute atomic E-state index is 12.0. The second-order valence-electron chi connectivity index (χ2n) is 8.65. The molecule has 30 heavy (non-hydrogen) atoms. The molecule has 1 fully saturated rings. The van der Waals surface area contributed by atoms with E-state index in [1.165, 1.54) is 0 Å². The lowest BCUT2D eigenvalue weighted by atomic mass is 10.0. The van der Waals surface area contributed by atoms with Crippen molar-refractivity contribution in [2.45, 2.75) is 64.2 Å². The first-order valence-corrected chi connectivity index (χ1v) is 10.1. The number of aliphatic hydroxyl groups excluding tert-OH is 1. The van der Waals surface area contributed by atoms with Gasteiger partial charge >= 0.3 is 6.09 Å². The van der Waals surface area contributed by atoms with E-state index in [-0.39, 0.29) is 30.3 Å². The number of nitrogens with one attached hydrogen (secondary N) is 3. The van der Waals surface area contributed by atoms with Gasteiger partial charge in [-0.3, -0.25) is 5.10 Å². The Hall–Kier alpha value is -3.14. The molecule has 0 unspecified atom stereocenters. The third kappa shape index (κ3) is 4.54. The maximum atomic E-state index is 12.0. The van der Waals surface area contributed by atoms with Crippen molar-refractivity contribution in [1.29, 1.82) is 0 Å². The van der Waals surface area contributed by atoms with Gasteiger partial charge in [-0.1, -0.05) is 0 Å². The van der Waals surface area contributed by atoms with Gasteiger partial charge in [0.25, 0.3) is 0 Å². The summed E-state index contributed by atoms with van der Waals surface area (Å²) in [6.45, 7) is 5.64. The molecule has 0 radical (unpaired) electrons. The van der Waals surface area contributed by atoms with Crippen molar-refractivity contribution in [3.05, 3.63) is 35.9 Å². The summed E-state index contributed by atoms with van der Waals surface area (Å²) >= 11 is 0. The predicted octanol–water partition coefficient (Wildman–Crippen LogP) is 2.85. The van der Waals surface area contributed by atoms with Gasteiger partial charge in [-0.2, -0.15) is 10.2 Å². The van der Waals surface area contributed by atoms with Gasteiger partial charge in [0.1, 0.15) is 11.6 Å². The number of hydrogen-bond donors (Lipinski definition) is 4. The summed E-state index contributed by atoms with van der Waals surface area (Å²) in [5.41, 5.74) is 2.01. The number of nitrogens with zero attached hydrogens (tertiary/aromatic N) is 4. The molecule has 3 aromatic rings. The zero-order valence-corrected chi connectivity index (χ0v) is 17.3. The number of aromatic nitrogens is 5. The molecular formula is C20H27N7O3. The molecule has 4 rings (SSSR count). The van der Waals surface area contributed by atoms with Crippen LogP contribution in [-0.4, -0.2) is 47.6 Å². The average molecular weight is 413 g/mol. The molecule has 0 bridgehead atoms. The van der Waals surface area contributed by atoms with E-state index < -0.39 is 0 Å². The largest absolute Gasteiger partial charge is 0.446 e. The van der Waals surface area contributed by atoms with E-state index in [4.69, 9.17) is 4.74 Å². The Bertz CT molecular complexity index is 1040. The van der Waals surface area contributed by atoms with Crippen LogP contribution < -0.4 is 10.6 Å². The molecule has 1 amide bonds. The van der Waals surface area contributed by atoms with Gasteiger partial charge in [-0.25, -0.2) is 14.3 Å². The fourth-order valence-electron chi connectivity index (χ4n) is 3.69. The third-order valence-electron chi connectivity index (χ3n) is 5.02. The van der Waals surface area contributed by atoms with Gasteiger partial charge in [0.15, 0.2) is 11.6 Å². The molecule has 0 aliphatic heterocycles. The number of H-pyrrole nitrogens is 1. The zero-order valence-electron chi connectivity index (χ0n) is 17.3. The van der Waals surface area contributed by atoms with Crippen molar-refractivity contribution < 1.29 is 14.6 Å². The topological polar surface area (TPSA) is 129 Å². The molecule has 0 saturated heterocycles. The van der Waals surface area contributed by atoms with E-state index in [2.05, 4.69) is 30.9 Å². The summed E-state index contributed by atoms with van der Waals surface area (Å²) in [4.78, 5) is 16.4. The van der Waals surface area contributed by atoms with E-state index in [1.54, 1.807) is 23.0 Å². The Balaban J connectivity index is 1.39. The Labute approximate surface area is 174 Å². The molecule has 4 N–H and O–H groups in total. The Kier molecular flexibility index (Phi) is 5.33. The van der Waals surface area contributed by atoms with Crippen LogP contribution in [0.3, 0.4) is 0 Å². The zero-order chi connectivity index (χ0) is 21.3. The predicted molar refractivity (Wildman–Crippen MR) is 111 cm³/mol. The summed E-state index contributed by atoms with van der Waals surface area (Å²) < 4.78 is 7.23. The average Bonchev–Trinajstić information content (AvgIpc) is 3.39. The van der Waals surface area contributed by atoms with Crippen LogP contribution in [-0.2, 0) is 11.3 Å². The first-order chi connectivity index (χ1) is 14.3. The molecule has 1 aliphatic rings. The first-order valence-electron chi connectivity index (χ1n) is 10.1. The highest BCUT2D eigenvalue weighted by atomic mass is 16.6. The molecule has 1 saturated carbocycles. The highest BCUT2D eigenvalue weighted by molar-refractivity contribution is 5.72. The lowest BCUT2D eigenvalue weighted by Gasteiger charge is -2.22. The van der Waals surface area contributed by atoms with Crippen LogP contribution >= 0.6 is 0 Å². The summed E-state index contributed by atoms with van der Waals surface area (Å²) in [7, 11) is 0. The van der Waals surface area contributed by atoms with Crippen molar-refractivity contribution in [2.24, 2.45) is 0 Å². The molecule has 10 nitrogen and oxygen atoms in total. The highest BCUT2D eigenvalue weighted by Gasteiger charge is 2.30. The van der Waals surface area contributed by atoms with E-state index in [1.807, 2.05) is 26.8 Å². The minimum absolute atomic E-state index is 0.101. The number of hydrogen-bond acceptors (Lipinski definition) is 7. The second kappa shape index (κ2) is 7.94. The lowest BCUT2D eigenvalue weighted by Crippen LogP contribution is -2.42. The molecule has 1 aliphatic carbocycles.